The Morgan fingerprint density at radius 2 is 2.00 bits per heavy atom. The van der Waals surface area contributed by atoms with Crippen molar-refractivity contribution >= 4 is 33.5 Å². The maximum absolute atomic E-state index is 13.2. The van der Waals surface area contributed by atoms with Gasteiger partial charge in [0.2, 0.25) is 10.5 Å². The van der Waals surface area contributed by atoms with E-state index in [1.807, 2.05) is 32.6 Å². The number of hydrogen-bond acceptors (Lipinski definition) is 6. The van der Waals surface area contributed by atoms with E-state index in [2.05, 4.69) is 35.9 Å². The van der Waals surface area contributed by atoms with Crippen LogP contribution in [-0.4, -0.2) is 61.3 Å². The number of aromatic nitrogens is 4. The van der Waals surface area contributed by atoms with Crippen LogP contribution in [-0.2, 0) is 11.2 Å². The lowest BCUT2D eigenvalue weighted by atomic mass is 9.81. The molecule has 1 aliphatic heterocycles. The van der Waals surface area contributed by atoms with Gasteiger partial charge >= 0.3 is 6.09 Å². The number of nitrogens with zero attached hydrogens (tertiary/aromatic N) is 5. The van der Waals surface area contributed by atoms with Crippen LogP contribution < -0.4 is 10.5 Å². The lowest BCUT2D eigenvalue weighted by Gasteiger charge is -2.54. The molecule has 2 atom stereocenters. The molecule has 3 heterocycles. The number of H-pyrrole nitrogens is 1. The fraction of sp³-hybridized carbons (Fsp3) is 0.667. The van der Waals surface area contributed by atoms with Crippen molar-refractivity contribution < 1.29 is 9.53 Å². The molecule has 28 heavy (non-hydrogen) atoms. The summed E-state index contributed by atoms with van der Waals surface area (Å²) in [5, 5.41) is 4.16. The summed E-state index contributed by atoms with van der Waals surface area (Å²) < 4.78 is 7.24. The van der Waals surface area contributed by atoms with Gasteiger partial charge in [-0.3, -0.25) is 4.79 Å². The highest BCUT2D eigenvalue weighted by Crippen LogP contribution is 2.37. The van der Waals surface area contributed by atoms with E-state index in [0.29, 0.717) is 35.7 Å². The van der Waals surface area contributed by atoms with Crippen LogP contribution in [0.2, 0.25) is 0 Å². The minimum Gasteiger partial charge on any atom is -0.444 e. The molecule has 10 heteroatoms. The monoisotopic (exact) mass is 452 g/mol. The van der Waals surface area contributed by atoms with Gasteiger partial charge in [0, 0.05) is 24.8 Å². The number of rotatable bonds is 2. The van der Waals surface area contributed by atoms with E-state index < -0.39 is 5.60 Å². The first-order valence-corrected chi connectivity index (χ1v) is 10.4. The highest BCUT2D eigenvalue weighted by atomic mass is 79.9. The summed E-state index contributed by atoms with van der Waals surface area (Å²) in [6.07, 6.45) is 2.25. The van der Waals surface area contributed by atoms with E-state index in [-0.39, 0.29) is 23.7 Å². The second kappa shape index (κ2) is 6.75. The Morgan fingerprint density at radius 3 is 2.61 bits per heavy atom. The van der Waals surface area contributed by atoms with E-state index in [0.717, 1.165) is 18.5 Å². The van der Waals surface area contributed by atoms with Crippen LogP contribution in [0.25, 0.3) is 5.78 Å². The zero-order chi connectivity index (χ0) is 20.2. The molecule has 2 aromatic heterocycles. The number of aryl methyl sites for hydroxylation is 1. The summed E-state index contributed by atoms with van der Waals surface area (Å²) in [6.45, 7) is 8.73. The summed E-state index contributed by atoms with van der Waals surface area (Å²) >= 11 is 3.23. The first-order valence-electron chi connectivity index (χ1n) is 9.63. The van der Waals surface area contributed by atoms with Crippen LogP contribution in [0.15, 0.2) is 9.53 Å². The number of ether oxygens (including phenoxy) is 1. The number of amides is 1. The highest BCUT2D eigenvalue weighted by Gasteiger charge is 2.47. The van der Waals surface area contributed by atoms with Gasteiger partial charge in [-0.1, -0.05) is 6.92 Å². The molecule has 0 bridgehead atoms. The molecule has 1 saturated carbocycles. The molecule has 9 nitrogen and oxygen atoms in total. The van der Waals surface area contributed by atoms with Crippen molar-refractivity contribution in [2.45, 2.75) is 64.6 Å². The lowest BCUT2D eigenvalue weighted by molar-refractivity contribution is -0.00451. The molecule has 1 aliphatic carbocycles. The van der Waals surface area contributed by atoms with Crippen LogP contribution in [0.4, 0.5) is 10.5 Å². The van der Waals surface area contributed by atoms with E-state index in [4.69, 9.17) is 4.74 Å². The number of aromatic amines is 1. The number of fused-ring (bicyclic) bond motifs is 2. The predicted octanol–water partition coefficient (Wildman–Crippen LogP) is 2.33. The number of carbonyl (C=O) groups is 1. The summed E-state index contributed by atoms with van der Waals surface area (Å²) in [6, 6.07) is 0.169. The number of anilines is 1. The average molecular weight is 453 g/mol. The Bertz CT molecular complexity index is 978. The number of carbonyl (C=O) groups excluding carboxylic acids is 1. The van der Waals surface area contributed by atoms with E-state index in [9.17, 15) is 9.59 Å². The predicted molar refractivity (Wildman–Crippen MR) is 108 cm³/mol. The minimum absolute atomic E-state index is 0.0610. The van der Waals surface area contributed by atoms with Crippen LogP contribution >= 0.6 is 15.9 Å². The molecule has 1 saturated heterocycles. The van der Waals surface area contributed by atoms with E-state index in [1.165, 1.54) is 4.52 Å². The van der Waals surface area contributed by atoms with Crippen molar-refractivity contribution in [2.75, 3.05) is 18.0 Å². The molecule has 2 unspecified atom stereocenters. The van der Waals surface area contributed by atoms with Crippen molar-refractivity contribution in [2.24, 2.45) is 0 Å². The maximum Gasteiger partial charge on any atom is 0.410 e. The fourth-order valence-corrected chi connectivity index (χ4v) is 4.38. The molecule has 2 aliphatic rings. The van der Waals surface area contributed by atoms with Crippen molar-refractivity contribution in [3.05, 3.63) is 20.8 Å². The third-order valence-corrected chi connectivity index (χ3v) is 5.71. The molecular formula is C18H25BrN6O3. The topological polar surface area (TPSA) is 95.8 Å². The van der Waals surface area contributed by atoms with Gasteiger partial charge in [0.15, 0.2) is 0 Å². The van der Waals surface area contributed by atoms with Gasteiger partial charge in [-0.2, -0.15) is 9.50 Å². The lowest BCUT2D eigenvalue weighted by Crippen LogP contribution is -2.67. The van der Waals surface area contributed by atoms with E-state index in [1.54, 1.807) is 0 Å². The molecule has 152 valence electrons. The second-order valence-electron chi connectivity index (χ2n) is 8.31. The average Bonchev–Trinajstić information content (AvgIpc) is 2.94. The number of halogens is 1. The van der Waals surface area contributed by atoms with Crippen LogP contribution in [0, 0.1) is 0 Å². The maximum atomic E-state index is 13.2. The third-order valence-electron chi connectivity index (χ3n) is 5.38. The molecule has 2 aromatic rings. The first kappa shape index (κ1) is 19.2. The smallest absolute Gasteiger partial charge is 0.410 e. The first-order chi connectivity index (χ1) is 13.2. The Balaban J connectivity index is 1.66. The van der Waals surface area contributed by atoms with Gasteiger partial charge in [0.25, 0.3) is 5.56 Å². The van der Waals surface area contributed by atoms with Crippen LogP contribution in [0.3, 0.4) is 0 Å². The number of hydrogen-bond donors (Lipinski definition) is 1. The fourth-order valence-electron chi connectivity index (χ4n) is 4.05. The van der Waals surface area contributed by atoms with E-state index >= 15 is 0 Å². The minimum atomic E-state index is -0.522. The summed E-state index contributed by atoms with van der Waals surface area (Å²) in [5.41, 5.74) is 0.769. The SMILES string of the molecule is CCc1[nH]c2nc(Br)nn2c(=O)c1N1CCN(C(=O)OC(C)(C)C)C2CCC21. The molecule has 0 aromatic carbocycles. The van der Waals surface area contributed by atoms with Gasteiger partial charge in [-0.25, -0.2) is 4.79 Å². The summed E-state index contributed by atoms with van der Waals surface area (Å²) in [4.78, 5) is 37.2. The van der Waals surface area contributed by atoms with Crippen molar-refractivity contribution in [1.29, 1.82) is 0 Å². The normalized spacial score (nSPS) is 22.2. The molecule has 2 fully saturated rings. The molecular weight excluding hydrogens is 428 g/mol. The van der Waals surface area contributed by atoms with Gasteiger partial charge in [-0.15, -0.1) is 5.10 Å². The molecule has 1 N–H and O–H groups in total. The van der Waals surface area contributed by atoms with Crippen LogP contribution in [0.5, 0.6) is 0 Å². The second-order valence-corrected chi connectivity index (χ2v) is 9.02. The van der Waals surface area contributed by atoms with Crippen molar-refractivity contribution in [3.8, 4) is 0 Å². The number of piperazine rings is 1. The third kappa shape index (κ3) is 3.17. The standard InChI is InChI=1S/C18H25BrN6O3/c1-5-10-13(14(26)25-16(20-10)21-15(19)22-25)23-8-9-24(12-7-6-11(12)23)17(27)28-18(2,3)4/h11-12H,5-9H2,1-4H3,(H,20,21,22). The Morgan fingerprint density at radius 1 is 1.29 bits per heavy atom. The van der Waals surface area contributed by atoms with Gasteiger partial charge in [0.05, 0.1) is 6.04 Å². The van der Waals surface area contributed by atoms with Gasteiger partial charge in [-0.05, 0) is 56.0 Å². The molecule has 1 amide bonds. The Labute approximate surface area is 171 Å². The van der Waals surface area contributed by atoms with Crippen molar-refractivity contribution in [3.63, 3.8) is 0 Å². The zero-order valence-corrected chi connectivity index (χ0v) is 18.1. The molecule has 0 spiro atoms. The van der Waals surface area contributed by atoms with Crippen LogP contribution in [0.1, 0.15) is 46.2 Å². The summed E-state index contributed by atoms with van der Waals surface area (Å²) in [7, 11) is 0. The quantitative estimate of drug-likeness (QED) is 0.750. The number of nitrogens with one attached hydrogen (secondary N) is 1. The molecule has 4 rings (SSSR count). The summed E-state index contributed by atoms with van der Waals surface area (Å²) in [5.74, 6) is 0.426. The largest absolute Gasteiger partial charge is 0.444 e. The van der Waals surface area contributed by atoms with Gasteiger partial charge in [0.1, 0.15) is 11.3 Å². The molecule has 0 radical (unpaired) electrons. The van der Waals surface area contributed by atoms with Crippen molar-refractivity contribution in [1.82, 2.24) is 24.5 Å². The highest BCUT2D eigenvalue weighted by molar-refractivity contribution is 9.10. The van der Waals surface area contributed by atoms with Gasteiger partial charge < -0.3 is 19.5 Å². The Kier molecular flexibility index (Phi) is 4.64. The zero-order valence-electron chi connectivity index (χ0n) is 16.5. The Hall–Kier alpha value is -2.10.